The Bertz CT molecular complexity index is 387. The molecule has 4 heteroatoms. The fraction of sp³-hybridized carbons (Fsp3) is 0.417. The number of amides is 2. The van der Waals surface area contributed by atoms with Gasteiger partial charge in [0.1, 0.15) is 0 Å². The van der Waals surface area contributed by atoms with E-state index in [1.807, 2.05) is 24.3 Å². The summed E-state index contributed by atoms with van der Waals surface area (Å²) in [6.07, 6.45) is -0.467. The number of carbonyl (C=O) groups is 1. The van der Waals surface area contributed by atoms with E-state index in [0.29, 0.717) is 0 Å². The van der Waals surface area contributed by atoms with Crippen LogP contribution in [0.3, 0.4) is 0 Å². The van der Waals surface area contributed by atoms with Gasteiger partial charge in [0.25, 0.3) is 0 Å². The van der Waals surface area contributed by atoms with Gasteiger partial charge in [0.15, 0.2) is 0 Å². The molecule has 0 radical (unpaired) electrons. The molecule has 1 saturated heterocycles. The lowest BCUT2D eigenvalue weighted by Crippen LogP contribution is -2.29. The van der Waals surface area contributed by atoms with Crippen molar-refractivity contribution in [1.29, 1.82) is 0 Å². The van der Waals surface area contributed by atoms with Crippen molar-refractivity contribution >= 4 is 11.7 Å². The average molecular weight is 220 g/mol. The minimum atomic E-state index is -0.467. The Hall–Kier alpha value is -1.55. The van der Waals surface area contributed by atoms with Crippen LogP contribution in [0.4, 0.5) is 10.5 Å². The van der Waals surface area contributed by atoms with Gasteiger partial charge in [-0.2, -0.15) is 0 Å². The van der Waals surface area contributed by atoms with Crippen LogP contribution in [0.25, 0.3) is 0 Å². The monoisotopic (exact) mass is 220 g/mol. The standard InChI is InChI=1S/C12H16N2O2/c1-9(15)10-3-5-11(6-4-10)14-8-7-13(2)12(14)16/h3-6,9,15H,7-8H2,1-2H3. The van der Waals surface area contributed by atoms with Gasteiger partial charge in [0.2, 0.25) is 0 Å². The van der Waals surface area contributed by atoms with Crippen molar-refractivity contribution < 1.29 is 9.90 Å². The zero-order valence-corrected chi connectivity index (χ0v) is 9.55. The molecule has 86 valence electrons. The van der Waals surface area contributed by atoms with Crippen molar-refractivity contribution in [1.82, 2.24) is 4.90 Å². The molecule has 1 heterocycles. The number of anilines is 1. The van der Waals surface area contributed by atoms with Crippen molar-refractivity contribution in [3.63, 3.8) is 0 Å². The van der Waals surface area contributed by atoms with Crippen LogP contribution in [0.5, 0.6) is 0 Å². The van der Waals surface area contributed by atoms with E-state index in [1.165, 1.54) is 0 Å². The summed E-state index contributed by atoms with van der Waals surface area (Å²) in [5, 5.41) is 9.39. The van der Waals surface area contributed by atoms with Gasteiger partial charge in [0.05, 0.1) is 6.10 Å². The van der Waals surface area contributed by atoms with Gasteiger partial charge in [-0.15, -0.1) is 0 Å². The maximum atomic E-state index is 11.7. The Balaban J connectivity index is 2.19. The minimum absolute atomic E-state index is 0.0322. The molecule has 0 aromatic heterocycles. The van der Waals surface area contributed by atoms with Crippen LogP contribution in [0.15, 0.2) is 24.3 Å². The third-order valence-electron chi connectivity index (χ3n) is 2.90. The first-order valence-corrected chi connectivity index (χ1v) is 5.40. The second-order valence-electron chi connectivity index (χ2n) is 4.12. The molecule has 1 aliphatic heterocycles. The number of rotatable bonds is 2. The smallest absolute Gasteiger partial charge is 0.324 e. The Morgan fingerprint density at radius 2 is 1.88 bits per heavy atom. The highest BCUT2D eigenvalue weighted by Crippen LogP contribution is 2.22. The normalized spacial score (nSPS) is 18.1. The van der Waals surface area contributed by atoms with E-state index < -0.39 is 6.10 Å². The number of urea groups is 1. The van der Waals surface area contributed by atoms with Crippen LogP contribution in [-0.4, -0.2) is 36.2 Å². The number of carbonyl (C=O) groups excluding carboxylic acids is 1. The van der Waals surface area contributed by atoms with Gasteiger partial charge in [0, 0.05) is 25.8 Å². The predicted octanol–water partition coefficient (Wildman–Crippen LogP) is 1.61. The van der Waals surface area contributed by atoms with Crippen molar-refractivity contribution in [2.24, 2.45) is 0 Å². The zero-order chi connectivity index (χ0) is 11.7. The molecule has 1 unspecified atom stereocenters. The summed E-state index contributed by atoms with van der Waals surface area (Å²) in [4.78, 5) is 15.2. The SMILES string of the molecule is CC(O)c1ccc(N2CCN(C)C2=O)cc1. The molecule has 16 heavy (non-hydrogen) atoms. The largest absolute Gasteiger partial charge is 0.389 e. The van der Waals surface area contributed by atoms with Crippen LogP contribution in [0.1, 0.15) is 18.6 Å². The topological polar surface area (TPSA) is 43.8 Å². The van der Waals surface area contributed by atoms with Crippen LogP contribution < -0.4 is 4.90 Å². The van der Waals surface area contributed by atoms with Gasteiger partial charge in [-0.25, -0.2) is 4.79 Å². The van der Waals surface area contributed by atoms with E-state index in [-0.39, 0.29) is 6.03 Å². The molecule has 2 rings (SSSR count). The predicted molar refractivity (Wildman–Crippen MR) is 62.4 cm³/mol. The Morgan fingerprint density at radius 1 is 1.25 bits per heavy atom. The number of benzene rings is 1. The van der Waals surface area contributed by atoms with Crippen molar-refractivity contribution in [2.45, 2.75) is 13.0 Å². The summed E-state index contributed by atoms with van der Waals surface area (Å²) in [5.41, 5.74) is 1.75. The number of hydrogen-bond acceptors (Lipinski definition) is 2. The third kappa shape index (κ3) is 1.88. The van der Waals surface area contributed by atoms with Gasteiger partial charge in [-0.05, 0) is 24.6 Å². The third-order valence-corrected chi connectivity index (χ3v) is 2.90. The Kier molecular flexibility index (Phi) is 2.83. The van der Waals surface area contributed by atoms with E-state index in [1.54, 1.807) is 23.8 Å². The summed E-state index contributed by atoms with van der Waals surface area (Å²) in [7, 11) is 1.80. The fourth-order valence-corrected chi connectivity index (χ4v) is 1.82. The van der Waals surface area contributed by atoms with Gasteiger partial charge in [-0.3, -0.25) is 4.90 Å². The van der Waals surface area contributed by atoms with Gasteiger partial charge >= 0.3 is 6.03 Å². The van der Waals surface area contributed by atoms with E-state index >= 15 is 0 Å². The lowest BCUT2D eigenvalue weighted by atomic mass is 10.1. The average Bonchev–Trinajstić information content (AvgIpc) is 2.60. The van der Waals surface area contributed by atoms with Crippen molar-refractivity contribution in [2.75, 3.05) is 25.0 Å². The fourth-order valence-electron chi connectivity index (χ4n) is 1.82. The van der Waals surface area contributed by atoms with E-state index in [2.05, 4.69) is 0 Å². The molecular weight excluding hydrogens is 204 g/mol. The summed E-state index contributed by atoms with van der Waals surface area (Å²) in [5.74, 6) is 0. The minimum Gasteiger partial charge on any atom is -0.389 e. The molecule has 1 aromatic rings. The molecule has 1 N–H and O–H groups in total. The molecule has 2 amide bonds. The number of nitrogens with zero attached hydrogens (tertiary/aromatic N) is 2. The molecule has 1 aliphatic rings. The maximum absolute atomic E-state index is 11.7. The summed E-state index contributed by atoms with van der Waals surface area (Å²) < 4.78 is 0. The molecule has 0 spiro atoms. The summed E-state index contributed by atoms with van der Waals surface area (Å²) >= 11 is 0. The Labute approximate surface area is 95.1 Å². The van der Waals surface area contributed by atoms with Crippen LogP contribution in [0.2, 0.25) is 0 Å². The van der Waals surface area contributed by atoms with Crippen LogP contribution in [-0.2, 0) is 0 Å². The first kappa shape index (κ1) is 11.0. The molecule has 0 aliphatic carbocycles. The lowest BCUT2D eigenvalue weighted by molar-refractivity contribution is 0.199. The number of aliphatic hydroxyl groups is 1. The first-order valence-electron chi connectivity index (χ1n) is 5.40. The lowest BCUT2D eigenvalue weighted by Gasteiger charge is -2.16. The van der Waals surface area contributed by atoms with Gasteiger partial charge in [-0.1, -0.05) is 12.1 Å². The molecule has 1 atom stereocenters. The van der Waals surface area contributed by atoms with E-state index in [9.17, 15) is 9.90 Å². The molecule has 1 fully saturated rings. The number of likely N-dealkylation sites (N-methyl/N-ethyl adjacent to an activating group) is 1. The van der Waals surface area contributed by atoms with Crippen molar-refractivity contribution in [3.05, 3.63) is 29.8 Å². The molecular formula is C12H16N2O2. The summed E-state index contributed by atoms with van der Waals surface area (Å²) in [6.45, 7) is 3.21. The number of hydrogen-bond donors (Lipinski definition) is 1. The summed E-state index contributed by atoms with van der Waals surface area (Å²) in [6, 6.07) is 7.49. The van der Waals surface area contributed by atoms with Crippen molar-refractivity contribution in [3.8, 4) is 0 Å². The zero-order valence-electron chi connectivity index (χ0n) is 9.55. The van der Waals surface area contributed by atoms with Crippen LogP contribution >= 0.6 is 0 Å². The second kappa shape index (κ2) is 4.14. The number of aliphatic hydroxyl groups excluding tert-OH is 1. The quantitative estimate of drug-likeness (QED) is 0.823. The Morgan fingerprint density at radius 3 is 2.31 bits per heavy atom. The molecule has 0 bridgehead atoms. The highest BCUT2D eigenvalue weighted by molar-refractivity contribution is 5.93. The second-order valence-corrected chi connectivity index (χ2v) is 4.12. The van der Waals surface area contributed by atoms with Gasteiger partial charge < -0.3 is 10.0 Å². The van der Waals surface area contributed by atoms with E-state index in [4.69, 9.17) is 0 Å². The molecule has 1 aromatic carbocycles. The highest BCUT2D eigenvalue weighted by Gasteiger charge is 2.26. The molecule has 4 nitrogen and oxygen atoms in total. The van der Waals surface area contributed by atoms with Crippen LogP contribution in [0, 0.1) is 0 Å². The van der Waals surface area contributed by atoms with E-state index in [0.717, 1.165) is 24.3 Å². The first-order chi connectivity index (χ1) is 7.59. The molecule has 0 saturated carbocycles. The highest BCUT2D eigenvalue weighted by atomic mass is 16.3. The maximum Gasteiger partial charge on any atom is 0.324 e.